The summed E-state index contributed by atoms with van der Waals surface area (Å²) in [6.45, 7) is 0.429. The van der Waals surface area contributed by atoms with Gasteiger partial charge in [-0.3, -0.25) is 0 Å². The number of benzene rings is 1. The fourth-order valence-electron chi connectivity index (χ4n) is 1.50. The number of aromatic nitrogens is 5. The highest BCUT2D eigenvalue weighted by atomic mass is 16.4. The van der Waals surface area contributed by atoms with Gasteiger partial charge in [-0.25, -0.2) is 0 Å². The average molecular weight is 243 g/mol. The molecule has 0 atom stereocenters. The lowest BCUT2D eigenvalue weighted by molar-refractivity contribution is 0.474. The largest absolute Gasteiger partial charge is 0.508 e. The second kappa shape index (κ2) is 4.28. The Labute approximate surface area is 102 Å². The van der Waals surface area contributed by atoms with Crippen LogP contribution in [0.4, 0.5) is 0 Å². The van der Waals surface area contributed by atoms with Gasteiger partial charge in [-0.05, 0) is 24.3 Å². The van der Waals surface area contributed by atoms with Gasteiger partial charge in [0.2, 0.25) is 11.8 Å². The zero-order valence-electron chi connectivity index (χ0n) is 9.26. The van der Waals surface area contributed by atoms with Crippen LogP contribution < -0.4 is 0 Å². The molecule has 0 aliphatic heterocycles. The molecule has 7 heteroatoms. The highest BCUT2D eigenvalue weighted by molar-refractivity contribution is 5.53. The van der Waals surface area contributed by atoms with Gasteiger partial charge in [-0.1, -0.05) is 0 Å². The lowest BCUT2D eigenvalue weighted by Crippen LogP contribution is -1.96. The van der Waals surface area contributed by atoms with Gasteiger partial charge < -0.3 is 14.1 Å². The summed E-state index contributed by atoms with van der Waals surface area (Å²) >= 11 is 0. The molecule has 1 N–H and O–H groups in total. The zero-order valence-corrected chi connectivity index (χ0v) is 9.26. The lowest BCUT2D eigenvalue weighted by atomic mass is 10.2. The van der Waals surface area contributed by atoms with Gasteiger partial charge >= 0.3 is 0 Å². The normalized spacial score (nSPS) is 10.7. The zero-order chi connectivity index (χ0) is 12.4. The van der Waals surface area contributed by atoms with Crippen molar-refractivity contribution in [1.82, 2.24) is 25.0 Å². The minimum Gasteiger partial charge on any atom is -0.508 e. The van der Waals surface area contributed by atoms with Crippen molar-refractivity contribution < 1.29 is 9.52 Å². The molecular weight excluding hydrogens is 234 g/mol. The van der Waals surface area contributed by atoms with Crippen LogP contribution in [0.25, 0.3) is 11.5 Å². The molecule has 0 unspecified atom stereocenters. The highest BCUT2D eigenvalue weighted by Crippen LogP contribution is 2.20. The fourth-order valence-corrected chi connectivity index (χ4v) is 1.50. The molecule has 0 bridgehead atoms. The number of nitrogens with zero attached hydrogens (tertiary/aromatic N) is 5. The first-order valence-electron chi connectivity index (χ1n) is 5.25. The third-order valence-electron chi connectivity index (χ3n) is 2.37. The molecular formula is C11H9N5O2. The van der Waals surface area contributed by atoms with Crippen LogP contribution in [0.1, 0.15) is 5.89 Å². The molecule has 0 radical (unpaired) electrons. The maximum atomic E-state index is 9.20. The quantitative estimate of drug-likeness (QED) is 0.740. The summed E-state index contributed by atoms with van der Waals surface area (Å²) in [5, 5.41) is 24.5. The Kier molecular flexibility index (Phi) is 2.49. The Morgan fingerprint density at radius 2 is 1.78 bits per heavy atom. The average Bonchev–Trinajstić information content (AvgIpc) is 3.02. The number of rotatable bonds is 3. The summed E-state index contributed by atoms with van der Waals surface area (Å²) in [6, 6.07) is 6.56. The van der Waals surface area contributed by atoms with E-state index in [-0.39, 0.29) is 5.75 Å². The van der Waals surface area contributed by atoms with Gasteiger partial charge in [-0.2, -0.15) is 0 Å². The van der Waals surface area contributed by atoms with E-state index in [1.54, 1.807) is 41.5 Å². The van der Waals surface area contributed by atoms with E-state index >= 15 is 0 Å². The second-order valence-electron chi connectivity index (χ2n) is 3.68. The summed E-state index contributed by atoms with van der Waals surface area (Å²) in [5.41, 5.74) is 0.760. The smallest absolute Gasteiger partial charge is 0.247 e. The van der Waals surface area contributed by atoms with Crippen LogP contribution in [-0.2, 0) is 6.54 Å². The van der Waals surface area contributed by atoms with E-state index in [4.69, 9.17) is 4.42 Å². The van der Waals surface area contributed by atoms with Crippen molar-refractivity contribution in [1.29, 1.82) is 0 Å². The first kappa shape index (κ1) is 10.5. The van der Waals surface area contributed by atoms with E-state index in [9.17, 15) is 5.11 Å². The van der Waals surface area contributed by atoms with Crippen LogP contribution in [0.5, 0.6) is 5.75 Å². The molecule has 0 saturated carbocycles. The van der Waals surface area contributed by atoms with Gasteiger partial charge in [-0.15, -0.1) is 20.4 Å². The molecule has 0 aliphatic carbocycles. The Balaban J connectivity index is 1.83. The van der Waals surface area contributed by atoms with E-state index in [2.05, 4.69) is 20.4 Å². The van der Waals surface area contributed by atoms with Gasteiger partial charge in [0.25, 0.3) is 0 Å². The number of phenols is 1. The van der Waals surface area contributed by atoms with E-state index in [0.717, 1.165) is 5.56 Å². The predicted molar refractivity (Wildman–Crippen MR) is 60.5 cm³/mol. The van der Waals surface area contributed by atoms with Crippen molar-refractivity contribution in [3.63, 3.8) is 0 Å². The minimum atomic E-state index is 0.197. The summed E-state index contributed by atoms with van der Waals surface area (Å²) in [6.07, 6.45) is 3.15. The third-order valence-corrected chi connectivity index (χ3v) is 2.37. The lowest BCUT2D eigenvalue weighted by Gasteiger charge is -1.95. The molecule has 0 aliphatic rings. The molecule has 0 amide bonds. The van der Waals surface area contributed by atoms with Crippen LogP contribution in [-0.4, -0.2) is 30.1 Å². The minimum absolute atomic E-state index is 0.197. The number of phenolic OH excluding ortho intramolecular Hbond substituents is 1. The first-order valence-corrected chi connectivity index (χ1v) is 5.25. The van der Waals surface area contributed by atoms with Crippen LogP contribution in [0.15, 0.2) is 41.3 Å². The Morgan fingerprint density at radius 3 is 2.50 bits per heavy atom. The summed E-state index contributed by atoms with van der Waals surface area (Å²) < 4.78 is 7.23. The monoisotopic (exact) mass is 243 g/mol. The Morgan fingerprint density at radius 1 is 1.06 bits per heavy atom. The summed E-state index contributed by atoms with van der Waals surface area (Å²) in [7, 11) is 0. The van der Waals surface area contributed by atoms with Crippen LogP contribution in [0, 0.1) is 0 Å². The topological polar surface area (TPSA) is 89.9 Å². The highest BCUT2D eigenvalue weighted by Gasteiger charge is 2.08. The van der Waals surface area contributed by atoms with E-state index in [1.165, 1.54) is 0 Å². The SMILES string of the molecule is Oc1ccc(-c2nnc(Cn3cnnc3)o2)cc1. The van der Waals surface area contributed by atoms with E-state index in [1.807, 2.05) is 0 Å². The molecule has 90 valence electrons. The van der Waals surface area contributed by atoms with E-state index < -0.39 is 0 Å². The molecule has 0 spiro atoms. The Hall–Kier alpha value is -2.70. The summed E-state index contributed by atoms with van der Waals surface area (Å²) in [5.74, 6) is 1.08. The molecule has 0 fully saturated rings. The maximum Gasteiger partial charge on any atom is 0.247 e. The van der Waals surface area contributed by atoms with Crippen molar-refractivity contribution in [3.8, 4) is 17.2 Å². The Bertz CT molecular complexity index is 630. The molecule has 1 aromatic carbocycles. The second-order valence-corrected chi connectivity index (χ2v) is 3.68. The van der Waals surface area contributed by atoms with Crippen molar-refractivity contribution in [2.45, 2.75) is 6.54 Å². The molecule has 7 nitrogen and oxygen atoms in total. The van der Waals surface area contributed by atoms with Crippen molar-refractivity contribution in [2.24, 2.45) is 0 Å². The van der Waals surface area contributed by atoms with Crippen molar-refractivity contribution >= 4 is 0 Å². The van der Waals surface area contributed by atoms with Crippen LogP contribution in [0.2, 0.25) is 0 Å². The number of hydrogen-bond donors (Lipinski definition) is 1. The molecule has 2 heterocycles. The van der Waals surface area contributed by atoms with E-state index in [0.29, 0.717) is 18.3 Å². The van der Waals surface area contributed by atoms with Crippen molar-refractivity contribution in [2.75, 3.05) is 0 Å². The molecule has 18 heavy (non-hydrogen) atoms. The van der Waals surface area contributed by atoms with Gasteiger partial charge in [0.15, 0.2) is 0 Å². The first-order chi connectivity index (χ1) is 8.81. The van der Waals surface area contributed by atoms with Crippen LogP contribution >= 0.6 is 0 Å². The molecule has 0 saturated heterocycles. The van der Waals surface area contributed by atoms with Gasteiger partial charge in [0.1, 0.15) is 24.9 Å². The fraction of sp³-hybridized carbons (Fsp3) is 0.0909. The standard InChI is InChI=1S/C11H9N5O2/c17-9-3-1-8(2-4-9)11-15-14-10(18-11)5-16-6-12-13-7-16/h1-4,6-7,17H,5H2. The molecule has 3 aromatic rings. The van der Waals surface area contributed by atoms with Gasteiger partial charge in [0, 0.05) is 5.56 Å². The molecule has 3 rings (SSSR count). The number of hydrogen-bond acceptors (Lipinski definition) is 6. The summed E-state index contributed by atoms with van der Waals surface area (Å²) in [4.78, 5) is 0. The molecule has 2 aromatic heterocycles. The third kappa shape index (κ3) is 2.05. The number of aromatic hydroxyl groups is 1. The predicted octanol–water partition coefficient (Wildman–Crippen LogP) is 1.08. The maximum absolute atomic E-state index is 9.20. The van der Waals surface area contributed by atoms with Crippen molar-refractivity contribution in [3.05, 3.63) is 42.8 Å². The van der Waals surface area contributed by atoms with Crippen LogP contribution in [0.3, 0.4) is 0 Å². The van der Waals surface area contributed by atoms with Gasteiger partial charge in [0.05, 0.1) is 0 Å².